The van der Waals surface area contributed by atoms with Gasteiger partial charge in [-0.3, -0.25) is 0 Å². The first kappa shape index (κ1) is 10.4. The monoisotopic (exact) mass is 209 g/mol. The van der Waals surface area contributed by atoms with Gasteiger partial charge >= 0.3 is 0 Å². The average molecular weight is 209 g/mol. The summed E-state index contributed by atoms with van der Waals surface area (Å²) < 4.78 is 13.6. The third kappa shape index (κ3) is 2.09. The Morgan fingerprint density at radius 1 is 1.47 bits per heavy atom. The molecular weight excluding hydrogens is 193 g/mol. The first-order chi connectivity index (χ1) is 7.33. The van der Waals surface area contributed by atoms with Crippen LogP contribution >= 0.6 is 0 Å². The van der Waals surface area contributed by atoms with E-state index in [1.54, 1.807) is 6.20 Å². The van der Waals surface area contributed by atoms with Crippen molar-refractivity contribution in [3.05, 3.63) is 23.6 Å². The third-order valence-electron chi connectivity index (χ3n) is 2.74. The van der Waals surface area contributed by atoms with E-state index < -0.39 is 0 Å². The minimum absolute atomic E-state index is 0.166. The summed E-state index contributed by atoms with van der Waals surface area (Å²) in [6.45, 7) is 2.52. The summed E-state index contributed by atoms with van der Waals surface area (Å²) in [4.78, 5) is 6.45. The second kappa shape index (κ2) is 4.57. The highest BCUT2D eigenvalue weighted by molar-refractivity contribution is 5.48. The van der Waals surface area contributed by atoms with Gasteiger partial charge in [0.1, 0.15) is 11.6 Å². The van der Waals surface area contributed by atoms with Gasteiger partial charge in [-0.05, 0) is 26.0 Å². The molecule has 0 radical (unpaired) electrons. The zero-order valence-corrected chi connectivity index (χ0v) is 8.96. The standard InChI is InChI=1S/C11H16FN3/c1-13-8-9-10(12)4-5-14-11(9)15-6-2-3-7-15/h4-5,13H,2-3,6-8H2,1H3. The van der Waals surface area contributed by atoms with Gasteiger partial charge in [0.15, 0.2) is 0 Å². The molecule has 82 valence electrons. The summed E-state index contributed by atoms with van der Waals surface area (Å²) in [5, 5.41) is 2.98. The zero-order valence-electron chi connectivity index (χ0n) is 8.96. The van der Waals surface area contributed by atoms with E-state index in [0.29, 0.717) is 12.1 Å². The molecule has 4 heteroatoms. The molecule has 2 rings (SSSR count). The quantitative estimate of drug-likeness (QED) is 0.818. The Balaban J connectivity index is 2.31. The Hall–Kier alpha value is -1.16. The van der Waals surface area contributed by atoms with Crippen molar-refractivity contribution >= 4 is 5.82 Å². The maximum absolute atomic E-state index is 13.6. The highest BCUT2D eigenvalue weighted by Crippen LogP contribution is 2.23. The van der Waals surface area contributed by atoms with E-state index in [1.165, 1.54) is 18.9 Å². The van der Waals surface area contributed by atoms with Crippen molar-refractivity contribution in [1.82, 2.24) is 10.3 Å². The zero-order chi connectivity index (χ0) is 10.7. The van der Waals surface area contributed by atoms with Crippen molar-refractivity contribution in [2.24, 2.45) is 0 Å². The number of pyridine rings is 1. The molecule has 0 unspecified atom stereocenters. The molecule has 0 spiro atoms. The van der Waals surface area contributed by atoms with Crippen LogP contribution in [0.3, 0.4) is 0 Å². The second-order valence-electron chi connectivity index (χ2n) is 3.82. The summed E-state index contributed by atoms with van der Waals surface area (Å²) in [5.74, 6) is 0.642. The van der Waals surface area contributed by atoms with Gasteiger partial charge in [0.2, 0.25) is 0 Å². The number of halogens is 1. The van der Waals surface area contributed by atoms with Gasteiger partial charge in [-0.15, -0.1) is 0 Å². The minimum atomic E-state index is -0.166. The molecule has 15 heavy (non-hydrogen) atoms. The molecule has 1 fully saturated rings. The lowest BCUT2D eigenvalue weighted by atomic mass is 10.2. The number of anilines is 1. The van der Waals surface area contributed by atoms with E-state index in [-0.39, 0.29) is 5.82 Å². The molecule has 1 aliphatic heterocycles. The highest BCUT2D eigenvalue weighted by atomic mass is 19.1. The molecule has 0 atom stereocenters. The van der Waals surface area contributed by atoms with Gasteiger partial charge in [-0.1, -0.05) is 0 Å². The van der Waals surface area contributed by atoms with E-state index in [9.17, 15) is 4.39 Å². The lowest BCUT2D eigenvalue weighted by molar-refractivity contribution is 0.596. The minimum Gasteiger partial charge on any atom is -0.356 e. The van der Waals surface area contributed by atoms with Gasteiger partial charge < -0.3 is 10.2 Å². The smallest absolute Gasteiger partial charge is 0.135 e. The predicted molar refractivity (Wildman–Crippen MR) is 58.4 cm³/mol. The fourth-order valence-corrected chi connectivity index (χ4v) is 2.00. The molecule has 0 amide bonds. The molecule has 1 aromatic rings. The van der Waals surface area contributed by atoms with Crippen molar-refractivity contribution in [2.75, 3.05) is 25.0 Å². The molecule has 0 saturated carbocycles. The Kier molecular flexibility index (Phi) is 3.16. The van der Waals surface area contributed by atoms with Crippen molar-refractivity contribution in [3.63, 3.8) is 0 Å². The molecule has 1 N–H and O–H groups in total. The number of nitrogens with one attached hydrogen (secondary N) is 1. The third-order valence-corrected chi connectivity index (χ3v) is 2.74. The fourth-order valence-electron chi connectivity index (χ4n) is 2.00. The number of hydrogen-bond donors (Lipinski definition) is 1. The van der Waals surface area contributed by atoms with Gasteiger partial charge in [0.05, 0.1) is 0 Å². The normalized spacial score (nSPS) is 16.0. The fraction of sp³-hybridized carbons (Fsp3) is 0.545. The molecule has 1 saturated heterocycles. The predicted octanol–water partition coefficient (Wildman–Crippen LogP) is 1.54. The van der Waals surface area contributed by atoms with E-state index in [4.69, 9.17) is 0 Å². The van der Waals surface area contributed by atoms with Crippen molar-refractivity contribution in [1.29, 1.82) is 0 Å². The van der Waals surface area contributed by atoms with Crippen LogP contribution in [0.1, 0.15) is 18.4 Å². The summed E-state index contributed by atoms with van der Waals surface area (Å²) in [5.41, 5.74) is 0.682. The van der Waals surface area contributed by atoms with Crippen LogP contribution in [0, 0.1) is 5.82 Å². The lowest BCUT2D eigenvalue weighted by Gasteiger charge is -2.20. The molecule has 1 aromatic heterocycles. The Bertz CT molecular complexity index is 335. The van der Waals surface area contributed by atoms with E-state index >= 15 is 0 Å². The van der Waals surface area contributed by atoms with Gasteiger partial charge in [-0.2, -0.15) is 0 Å². The highest BCUT2D eigenvalue weighted by Gasteiger charge is 2.18. The Labute approximate surface area is 89.3 Å². The molecule has 2 heterocycles. The van der Waals surface area contributed by atoms with Gasteiger partial charge in [0.25, 0.3) is 0 Å². The van der Waals surface area contributed by atoms with Crippen LogP contribution in [0.2, 0.25) is 0 Å². The maximum atomic E-state index is 13.6. The molecule has 0 aliphatic carbocycles. The van der Waals surface area contributed by atoms with Crippen molar-refractivity contribution in [3.8, 4) is 0 Å². The van der Waals surface area contributed by atoms with Gasteiger partial charge in [0, 0.05) is 31.4 Å². The number of nitrogens with zero attached hydrogens (tertiary/aromatic N) is 2. The van der Waals surface area contributed by atoms with E-state index in [0.717, 1.165) is 18.9 Å². The topological polar surface area (TPSA) is 28.2 Å². The summed E-state index contributed by atoms with van der Waals surface area (Å²) in [7, 11) is 1.82. The SMILES string of the molecule is CNCc1c(F)ccnc1N1CCCC1. The van der Waals surface area contributed by atoms with Crippen molar-refractivity contribution in [2.45, 2.75) is 19.4 Å². The van der Waals surface area contributed by atoms with E-state index in [2.05, 4.69) is 15.2 Å². The largest absolute Gasteiger partial charge is 0.356 e. The maximum Gasteiger partial charge on any atom is 0.135 e. The lowest BCUT2D eigenvalue weighted by Crippen LogP contribution is -2.23. The van der Waals surface area contributed by atoms with Crippen LogP contribution in [0.5, 0.6) is 0 Å². The average Bonchev–Trinajstić information content (AvgIpc) is 2.74. The molecule has 1 aliphatic rings. The summed E-state index contributed by atoms with van der Waals surface area (Å²) in [6, 6.07) is 1.42. The first-order valence-electron chi connectivity index (χ1n) is 5.36. The second-order valence-corrected chi connectivity index (χ2v) is 3.82. The number of aromatic nitrogens is 1. The number of rotatable bonds is 3. The molecular formula is C11H16FN3. The van der Waals surface area contributed by atoms with Crippen molar-refractivity contribution < 1.29 is 4.39 Å². The van der Waals surface area contributed by atoms with Crippen LogP contribution in [0.25, 0.3) is 0 Å². The van der Waals surface area contributed by atoms with Crippen LogP contribution < -0.4 is 10.2 Å². The van der Waals surface area contributed by atoms with Crippen LogP contribution in [-0.4, -0.2) is 25.1 Å². The molecule has 0 aromatic carbocycles. The molecule has 3 nitrogen and oxygen atoms in total. The number of hydrogen-bond acceptors (Lipinski definition) is 3. The van der Waals surface area contributed by atoms with Crippen LogP contribution in [0.15, 0.2) is 12.3 Å². The first-order valence-corrected chi connectivity index (χ1v) is 5.36. The van der Waals surface area contributed by atoms with Gasteiger partial charge in [-0.25, -0.2) is 9.37 Å². The molecule has 0 bridgehead atoms. The van der Waals surface area contributed by atoms with Crippen LogP contribution in [0.4, 0.5) is 10.2 Å². The van der Waals surface area contributed by atoms with E-state index in [1.807, 2.05) is 7.05 Å². The Morgan fingerprint density at radius 3 is 2.87 bits per heavy atom. The summed E-state index contributed by atoms with van der Waals surface area (Å²) >= 11 is 0. The summed E-state index contributed by atoms with van der Waals surface area (Å²) in [6.07, 6.45) is 3.90. The van der Waals surface area contributed by atoms with Crippen LogP contribution in [-0.2, 0) is 6.54 Å². The Morgan fingerprint density at radius 2 is 2.20 bits per heavy atom.